The van der Waals surface area contributed by atoms with Crippen LogP contribution in [-0.4, -0.2) is 11.0 Å². The summed E-state index contributed by atoms with van der Waals surface area (Å²) in [4.78, 5) is 12.1. The van der Waals surface area contributed by atoms with Gasteiger partial charge >= 0.3 is 0 Å². The lowest BCUT2D eigenvalue weighted by Crippen LogP contribution is -2.12. The summed E-state index contributed by atoms with van der Waals surface area (Å²) < 4.78 is 0.749. The predicted molar refractivity (Wildman–Crippen MR) is 84.2 cm³/mol. The summed E-state index contributed by atoms with van der Waals surface area (Å²) in [7, 11) is 0. The van der Waals surface area contributed by atoms with Crippen molar-refractivity contribution in [2.75, 3.05) is 5.32 Å². The van der Waals surface area contributed by atoms with Gasteiger partial charge in [-0.05, 0) is 42.3 Å². The van der Waals surface area contributed by atoms with Gasteiger partial charge in [0.05, 0.1) is 5.56 Å². The number of carbonyl (C=O) groups excluding carboxylic acids is 1. The molecule has 0 heterocycles. The number of carbonyl (C=O) groups is 1. The molecule has 0 aliphatic carbocycles. The molecule has 4 heteroatoms. The number of halogens is 1. The Kier molecular flexibility index (Phi) is 4.79. The van der Waals surface area contributed by atoms with Crippen LogP contribution in [0.4, 0.5) is 5.69 Å². The molecule has 0 fully saturated rings. The van der Waals surface area contributed by atoms with Crippen molar-refractivity contribution in [1.82, 2.24) is 0 Å². The highest BCUT2D eigenvalue weighted by Crippen LogP contribution is 2.23. The summed E-state index contributed by atoms with van der Waals surface area (Å²) in [6, 6.07) is 12.5. The standard InChI is InChI=1S/C16H16BrNO2/c1-2-3-11-4-7-13(8-5-11)18-16(20)14-10-12(17)6-9-15(14)19/h4-10,19H,2-3H2,1H3,(H,18,20). The van der Waals surface area contributed by atoms with Crippen molar-refractivity contribution in [2.45, 2.75) is 19.8 Å². The Morgan fingerprint density at radius 3 is 2.55 bits per heavy atom. The van der Waals surface area contributed by atoms with Gasteiger partial charge in [0.15, 0.2) is 0 Å². The first-order chi connectivity index (χ1) is 9.60. The van der Waals surface area contributed by atoms with Crippen LogP contribution in [0.1, 0.15) is 29.3 Å². The number of aromatic hydroxyl groups is 1. The average Bonchev–Trinajstić information content (AvgIpc) is 2.44. The van der Waals surface area contributed by atoms with Crippen molar-refractivity contribution < 1.29 is 9.90 Å². The fraction of sp³-hybridized carbons (Fsp3) is 0.188. The molecule has 2 rings (SSSR count). The second-order valence-electron chi connectivity index (χ2n) is 4.56. The molecule has 0 aromatic heterocycles. The molecule has 0 unspecified atom stereocenters. The van der Waals surface area contributed by atoms with Crippen molar-refractivity contribution >= 4 is 27.5 Å². The summed E-state index contributed by atoms with van der Waals surface area (Å²) in [5.74, 6) is -0.361. The number of hydrogen-bond donors (Lipinski definition) is 2. The van der Waals surface area contributed by atoms with Gasteiger partial charge in [-0.1, -0.05) is 41.4 Å². The lowest BCUT2D eigenvalue weighted by atomic mass is 10.1. The second-order valence-corrected chi connectivity index (χ2v) is 5.48. The van der Waals surface area contributed by atoms with E-state index in [0.717, 1.165) is 17.3 Å². The van der Waals surface area contributed by atoms with Gasteiger partial charge in [0.1, 0.15) is 5.75 Å². The third-order valence-electron chi connectivity index (χ3n) is 2.95. The molecule has 0 saturated carbocycles. The van der Waals surface area contributed by atoms with E-state index in [2.05, 4.69) is 28.2 Å². The predicted octanol–water partition coefficient (Wildman–Crippen LogP) is 4.36. The second kappa shape index (κ2) is 6.57. The SMILES string of the molecule is CCCc1ccc(NC(=O)c2cc(Br)ccc2O)cc1. The van der Waals surface area contributed by atoms with Crippen LogP contribution in [0, 0.1) is 0 Å². The third-order valence-corrected chi connectivity index (χ3v) is 3.45. The van der Waals surface area contributed by atoms with Gasteiger partial charge in [0.25, 0.3) is 5.91 Å². The zero-order valence-corrected chi connectivity index (χ0v) is 12.8. The summed E-state index contributed by atoms with van der Waals surface area (Å²) >= 11 is 3.29. The first-order valence-corrected chi connectivity index (χ1v) is 7.28. The van der Waals surface area contributed by atoms with Crippen molar-refractivity contribution in [1.29, 1.82) is 0 Å². The molecule has 0 spiro atoms. The normalized spacial score (nSPS) is 10.3. The highest BCUT2D eigenvalue weighted by Gasteiger charge is 2.11. The Bertz CT molecular complexity index is 608. The van der Waals surface area contributed by atoms with Gasteiger partial charge in [-0.3, -0.25) is 4.79 Å². The van der Waals surface area contributed by atoms with Crippen LogP contribution in [-0.2, 0) is 6.42 Å². The van der Waals surface area contributed by atoms with E-state index in [9.17, 15) is 9.90 Å². The molecule has 3 nitrogen and oxygen atoms in total. The number of nitrogens with one attached hydrogen (secondary N) is 1. The molecule has 0 bridgehead atoms. The molecule has 0 atom stereocenters. The van der Waals surface area contributed by atoms with Crippen molar-refractivity contribution in [2.24, 2.45) is 0 Å². The van der Waals surface area contributed by atoms with Crippen LogP contribution in [0.2, 0.25) is 0 Å². The monoisotopic (exact) mass is 333 g/mol. The van der Waals surface area contributed by atoms with Gasteiger partial charge in [-0.15, -0.1) is 0 Å². The smallest absolute Gasteiger partial charge is 0.259 e. The molecule has 104 valence electrons. The quantitative estimate of drug-likeness (QED) is 0.873. The summed E-state index contributed by atoms with van der Waals surface area (Å²) in [6.07, 6.45) is 2.12. The van der Waals surface area contributed by atoms with E-state index in [0.29, 0.717) is 5.69 Å². The Hall–Kier alpha value is -1.81. The fourth-order valence-corrected chi connectivity index (χ4v) is 2.29. The van der Waals surface area contributed by atoms with Crippen LogP contribution >= 0.6 is 15.9 Å². The van der Waals surface area contributed by atoms with E-state index in [1.165, 1.54) is 11.6 Å². The summed E-state index contributed by atoms with van der Waals surface area (Å²) in [5.41, 5.74) is 2.21. The lowest BCUT2D eigenvalue weighted by molar-refractivity contribution is 0.102. The molecule has 0 aliphatic heterocycles. The molecule has 2 aromatic rings. The van der Waals surface area contributed by atoms with Crippen LogP contribution < -0.4 is 5.32 Å². The summed E-state index contributed by atoms with van der Waals surface area (Å²) in [5, 5.41) is 12.5. The topological polar surface area (TPSA) is 49.3 Å². The van der Waals surface area contributed by atoms with Gasteiger partial charge < -0.3 is 10.4 Å². The van der Waals surface area contributed by atoms with Gasteiger partial charge in [-0.25, -0.2) is 0 Å². The number of phenols is 1. The third kappa shape index (κ3) is 3.61. The molecular formula is C16H16BrNO2. The Balaban J connectivity index is 2.13. The van der Waals surface area contributed by atoms with Crippen molar-refractivity contribution in [3.8, 4) is 5.75 Å². The average molecular weight is 334 g/mol. The lowest BCUT2D eigenvalue weighted by Gasteiger charge is -2.08. The van der Waals surface area contributed by atoms with Gasteiger partial charge in [-0.2, -0.15) is 0 Å². The molecule has 0 saturated heterocycles. The van der Waals surface area contributed by atoms with Crippen molar-refractivity contribution in [3.05, 3.63) is 58.1 Å². The zero-order valence-electron chi connectivity index (χ0n) is 11.2. The minimum atomic E-state index is -0.327. The highest BCUT2D eigenvalue weighted by atomic mass is 79.9. The van der Waals surface area contributed by atoms with Gasteiger partial charge in [0.2, 0.25) is 0 Å². The fourth-order valence-electron chi connectivity index (χ4n) is 1.93. The maximum atomic E-state index is 12.1. The first-order valence-electron chi connectivity index (χ1n) is 6.49. The highest BCUT2D eigenvalue weighted by molar-refractivity contribution is 9.10. The van der Waals surface area contributed by atoms with E-state index < -0.39 is 0 Å². The van der Waals surface area contributed by atoms with Crippen LogP contribution in [0.3, 0.4) is 0 Å². The summed E-state index contributed by atoms with van der Waals surface area (Å²) in [6.45, 7) is 2.13. The van der Waals surface area contributed by atoms with Crippen LogP contribution in [0.15, 0.2) is 46.9 Å². The van der Waals surface area contributed by atoms with E-state index in [4.69, 9.17) is 0 Å². The molecule has 2 aromatic carbocycles. The number of rotatable bonds is 4. The number of aryl methyl sites for hydroxylation is 1. The molecule has 2 N–H and O–H groups in total. The molecular weight excluding hydrogens is 318 g/mol. The minimum Gasteiger partial charge on any atom is -0.507 e. The van der Waals surface area contributed by atoms with Crippen molar-refractivity contribution in [3.63, 3.8) is 0 Å². The number of hydrogen-bond acceptors (Lipinski definition) is 2. The molecule has 1 amide bonds. The van der Waals surface area contributed by atoms with E-state index >= 15 is 0 Å². The van der Waals surface area contributed by atoms with E-state index in [-0.39, 0.29) is 17.2 Å². The molecule has 0 radical (unpaired) electrons. The zero-order chi connectivity index (χ0) is 14.5. The maximum Gasteiger partial charge on any atom is 0.259 e. The molecule has 20 heavy (non-hydrogen) atoms. The number of benzene rings is 2. The molecule has 0 aliphatic rings. The number of amides is 1. The van der Waals surface area contributed by atoms with E-state index in [1.54, 1.807) is 12.1 Å². The minimum absolute atomic E-state index is 0.0340. The van der Waals surface area contributed by atoms with E-state index in [1.807, 2.05) is 24.3 Å². The number of phenolic OH excluding ortho intramolecular Hbond substituents is 1. The number of anilines is 1. The van der Waals surface area contributed by atoms with Crippen LogP contribution in [0.25, 0.3) is 0 Å². The Morgan fingerprint density at radius 2 is 1.90 bits per heavy atom. The van der Waals surface area contributed by atoms with Gasteiger partial charge in [0, 0.05) is 10.2 Å². The Labute approximate surface area is 126 Å². The first kappa shape index (κ1) is 14.6. The van der Waals surface area contributed by atoms with Crippen LogP contribution in [0.5, 0.6) is 5.75 Å². The Morgan fingerprint density at radius 1 is 1.20 bits per heavy atom. The largest absolute Gasteiger partial charge is 0.507 e. The maximum absolute atomic E-state index is 12.1.